The number of hydrogen-bond donors (Lipinski definition) is 2. The predicted molar refractivity (Wildman–Crippen MR) is 104 cm³/mol. The molecule has 0 bridgehead atoms. The van der Waals surface area contributed by atoms with E-state index < -0.39 is 6.09 Å². The van der Waals surface area contributed by atoms with Crippen molar-refractivity contribution < 1.29 is 19.0 Å². The number of imidazole rings is 1. The number of anilines is 1. The predicted octanol–water partition coefficient (Wildman–Crippen LogP) is 2.15. The van der Waals surface area contributed by atoms with Gasteiger partial charge < -0.3 is 29.8 Å². The van der Waals surface area contributed by atoms with Crippen molar-refractivity contribution in [2.45, 2.75) is 32.9 Å². The Morgan fingerprint density at radius 1 is 1.28 bits per heavy atom. The van der Waals surface area contributed by atoms with Crippen molar-refractivity contribution in [3.63, 3.8) is 0 Å². The SMILES string of the molecule is Cc1nc(N)c2ncn(CCCCOC(=O)NCc3ccc4c(c3)OCO4)c2n1. The van der Waals surface area contributed by atoms with Gasteiger partial charge in [-0.15, -0.1) is 0 Å². The fraction of sp³-hybridized carbons (Fsp3) is 0.368. The molecule has 152 valence electrons. The van der Waals surface area contributed by atoms with Gasteiger partial charge in [0, 0.05) is 13.1 Å². The number of hydrogen-bond acceptors (Lipinski definition) is 8. The quantitative estimate of drug-likeness (QED) is 0.580. The smallest absolute Gasteiger partial charge is 0.407 e. The fourth-order valence-electron chi connectivity index (χ4n) is 3.07. The first-order valence-corrected chi connectivity index (χ1v) is 9.34. The van der Waals surface area contributed by atoms with E-state index >= 15 is 0 Å². The van der Waals surface area contributed by atoms with Crippen LogP contribution < -0.4 is 20.5 Å². The molecule has 0 radical (unpaired) electrons. The molecular weight excluding hydrogens is 376 g/mol. The van der Waals surface area contributed by atoms with E-state index in [0.717, 1.165) is 24.1 Å². The molecule has 3 aromatic rings. The minimum absolute atomic E-state index is 0.225. The summed E-state index contributed by atoms with van der Waals surface area (Å²) in [4.78, 5) is 24.6. The second kappa shape index (κ2) is 8.21. The van der Waals surface area contributed by atoms with Gasteiger partial charge in [0.05, 0.1) is 12.9 Å². The van der Waals surface area contributed by atoms with E-state index in [4.69, 9.17) is 19.9 Å². The van der Waals surface area contributed by atoms with Gasteiger partial charge >= 0.3 is 6.09 Å². The number of nitrogens with one attached hydrogen (secondary N) is 1. The van der Waals surface area contributed by atoms with Gasteiger partial charge in [-0.3, -0.25) is 0 Å². The van der Waals surface area contributed by atoms with Crippen LogP contribution in [0, 0.1) is 6.92 Å². The first kappa shape index (κ1) is 18.8. The minimum atomic E-state index is -0.452. The molecular formula is C19H22N6O4. The van der Waals surface area contributed by atoms with Crippen molar-refractivity contribution in [3.05, 3.63) is 35.9 Å². The maximum Gasteiger partial charge on any atom is 0.407 e. The molecule has 0 fully saturated rings. The second-order valence-corrected chi connectivity index (χ2v) is 6.65. The topological polar surface area (TPSA) is 126 Å². The normalized spacial score (nSPS) is 12.3. The summed E-state index contributed by atoms with van der Waals surface area (Å²) < 4.78 is 17.7. The number of benzene rings is 1. The number of fused-ring (bicyclic) bond motifs is 2. The number of nitrogen functional groups attached to an aromatic ring is 1. The highest BCUT2D eigenvalue weighted by Gasteiger charge is 2.13. The molecule has 0 unspecified atom stereocenters. The number of nitrogens with two attached hydrogens (primary N) is 1. The molecule has 10 nitrogen and oxygen atoms in total. The van der Waals surface area contributed by atoms with Crippen LogP contribution in [0.25, 0.3) is 11.2 Å². The molecule has 1 aromatic carbocycles. The third-order valence-electron chi connectivity index (χ3n) is 4.50. The van der Waals surface area contributed by atoms with Crippen molar-refractivity contribution in [2.75, 3.05) is 19.1 Å². The first-order chi connectivity index (χ1) is 14.1. The molecule has 0 saturated heterocycles. The first-order valence-electron chi connectivity index (χ1n) is 9.34. The Kier molecular flexibility index (Phi) is 5.32. The maximum absolute atomic E-state index is 11.9. The summed E-state index contributed by atoms with van der Waals surface area (Å²) in [6.45, 7) is 3.41. The van der Waals surface area contributed by atoms with Crippen LogP contribution in [0.2, 0.25) is 0 Å². The highest BCUT2D eigenvalue weighted by molar-refractivity contribution is 5.81. The highest BCUT2D eigenvalue weighted by Crippen LogP contribution is 2.32. The summed E-state index contributed by atoms with van der Waals surface area (Å²) in [6, 6.07) is 5.54. The Hall–Kier alpha value is -3.56. The van der Waals surface area contributed by atoms with E-state index in [0.29, 0.717) is 48.4 Å². The van der Waals surface area contributed by atoms with E-state index in [9.17, 15) is 4.79 Å². The molecule has 29 heavy (non-hydrogen) atoms. The number of ether oxygens (including phenoxy) is 3. The molecule has 1 aliphatic heterocycles. The zero-order valence-electron chi connectivity index (χ0n) is 16.1. The van der Waals surface area contributed by atoms with Gasteiger partial charge in [0.2, 0.25) is 6.79 Å². The lowest BCUT2D eigenvalue weighted by molar-refractivity contribution is 0.143. The van der Waals surface area contributed by atoms with Gasteiger partial charge in [0.25, 0.3) is 0 Å². The summed E-state index contributed by atoms with van der Waals surface area (Å²) in [7, 11) is 0. The average Bonchev–Trinajstić information content (AvgIpc) is 3.32. The highest BCUT2D eigenvalue weighted by atomic mass is 16.7. The van der Waals surface area contributed by atoms with Crippen molar-refractivity contribution in [3.8, 4) is 11.5 Å². The number of aromatic nitrogens is 4. The Bertz CT molecular complexity index is 1030. The molecule has 4 rings (SSSR count). The molecule has 3 heterocycles. The van der Waals surface area contributed by atoms with Crippen LogP contribution in [0.1, 0.15) is 24.2 Å². The van der Waals surface area contributed by atoms with Gasteiger partial charge in [-0.05, 0) is 37.5 Å². The molecule has 3 N–H and O–H groups in total. The Morgan fingerprint density at radius 2 is 2.14 bits per heavy atom. The van der Waals surface area contributed by atoms with E-state index in [1.165, 1.54) is 0 Å². The number of carbonyl (C=O) groups excluding carboxylic acids is 1. The molecule has 0 spiro atoms. The van der Waals surface area contributed by atoms with Crippen molar-refractivity contribution >= 4 is 23.1 Å². The van der Waals surface area contributed by atoms with Crippen molar-refractivity contribution in [2.24, 2.45) is 0 Å². The van der Waals surface area contributed by atoms with Crippen LogP contribution in [0.3, 0.4) is 0 Å². The third-order valence-corrected chi connectivity index (χ3v) is 4.50. The van der Waals surface area contributed by atoms with Gasteiger partial charge in [0.1, 0.15) is 11.3 Å². The minimum Gasteiger partial charge on any atom is -0.454 e. The number of alkyl carbamates (subject to hydrolysis) is 1. The fourth-order valence-corrected chi connectivity index (χ4v) is 3.07. The zero-order valence-corrected chi connectivity index (χ0v) is 16.1. The van der Waals surface area contributed by atoms with Crippen LogP contribution in [-0.4, -0.2) is 39.0 Å². The average molecular weight is 398 g/mol. The summed E-state index contributed by atoms with van der Waals surface area (Å²) in [5.41, 5.74) is 8.11. The van der Waals surface area contributed by atoms with E-state index in [1.54, 1.807) is 13.3 Å². The summed E-state index contributed by atoms with van der Waals surface area (Å²) in [5, 5.41) is 2.73. The number of rotatable bonds is 7. The number of carbonyl (C=O) groups is 1. The summed E-state index contributed by atoms with van der Waals surface area (Å²) in [6.07, 6.45) is 2.78. The molecule has 10 heteroatoms. The van der Waals surface area contributed by atoms with Gasteiger partial charge in [0.15, 0.2) is 23.0 Å². The lowest BCUT2D eigenvalue weighted by Crippen LogP contribution is -2.24. The van der Waals surface area contributed by atoms with Crippen molar-refractivity contribution in [1.82, 2.24) is 24.8 Å². The van der Waals surface area contributed by atoms with E-state index in [2.05, 4.69) is 20.3 Å². The number of amides is 1. The molecule has 2 aromatic heterocycles. The van der Waals surface area contributed by atoms with Gasteiger partial charge in [-0.25, -0.2) is 19.7 Å². The Morgan fingerprint density at radius 3 is 3.03 bits per heavy atom. The number of aryl methyl sites for hydroxylation is 2. The third kappa shape index (κ3) is 4.31. The Balaban J connectivity index is 1.18. The lowest BCUT2D eigenvalue weighted by atomic mass is 10.2. The molecule has 0 aliphatic carbocycles. The summed E-state index contributed by atoms with van der Waals surface area (Å²) in [5.74, 6) is 2.39. The molecule has 1 amide bonds. The van der Waals surface area contributed by atoms with Crippen LogP contribution >= 0.6 is 0 Å². The van der Waals surface area contributed by atoms with E-state index in [1.807, 2.05) is 22.8 Å². The Labute approximate surface area is 167 Å². The van der Waals surface area contributed by atoms with Crippen LogP contribution in [0.15, 0.2) is 24.5 Å². The lowest BCUT2D eigenvalue weighted by Gasteiger charge is -2.08. The zero-order chi connectivity index (χ0) is 20.2. The van der Waals surface area contributed by atoms with Crippen LogP contribution in [-0.2, 0) is 17.8 Å². The standard InChI is InChI=1S/C19H22N6O4/c1-12-23-17(20)16-18(24-12)25(10-22-16)6-2-3-7-27-19(26)21-9-13-4-5-14-15(8-13)29-11-28-14/h4-5,8,10H,2-3,6-7,9,11H2,1H3,(H,21,26)(H2,20,23,24). The van der Waals surface area contributed by atoms with Crippen molar-refractivity contribution in [1.29, 1.82) is 0 Å². The van der Waals surface area contributed by atoms with E-state index in [-0.39, 0.29) is 6.79 Å². The van der Waals surface area contributed by atoms with Crippen LogP contribution in [0.5, 0.6) is 11.5 Å². The number of nitrogens with zero attached hydrogens (tertiary/aromatic N) is 4. The van der Waals surface area contributed by atoms with Gasteiger partial charge in [-0.1, -0.05) is 6.07 Å². The molecule has 0 atom stereocenters. The maximum atomic E-state index is 11.9. The molecule has 0 saturated carbocycles. The van der Waals surface area contributed by atoms with Crippen LogP contribution in [0.4, 0.5) is 10.6 Å². The summed E-state index contributed by atoms with van der Waals surface area (Å²) >= 11 is 0. The second-order valence-electron chi connectivity index (χ2n) is 6.65. The van der Waals surface area contributed by atoms with Gasteiger partial charge in [-0.2, -0.15) is 0 Å². The largest absolute Gasteiger partial charge is 0.454 e. The number of unbranched alkanes of at least 4 members (excludes halogenated alkanes) is 1. The monoisotopic (exact) mass is 398 g/mol. The molecule has 1 aliphatic rings.